The van der Waals surface area contributed by atoms with Crippen LogP contribution in [0.15, 0.2) is 152 Å². The standard InChI is InChI=1S/C66H74N14O10/c67-57(81)27-25-50(74-60(84)49-24-13-29-70-49)61(85)75-51(26-28-58(68)82)62(86)78-55(33-41-36-72-47-22-11-8-19-44(41)47)65(89)77-53(31-39-16-5-2-6-17-39)63(87)79-56(34-42-37-73-48-23-12-9-20-45(42)48)66(90)80-54(32-40-35-71-46-21-10-7-18-43(40)46)64(88)76-52(59(69)83)30-38-14-3-1-4-15-38/h1-12,14-23,35-37,49-56,70-73H,13,24-34H2,(H2,67,81)(H2,68,82)(H2,69,83)(H,74,84)(H,75,85)(H,76,88)(H,77,89)(H,78,86)(H,79,87)(H,80,90)/t49-,50+,51+,52+,53+,54-,55-,56-/m1/s1. The minimum Gasteiger partial charge on any atom is -0.370 e. The highest BCUT2D eigenvalue weighted by atomic mass is 16.2. The van der Waals surface area contributed by atoms with Gasteiger partial charge in [0.05, 0.1) is 6.04 Å². The van der Waals surface area contributed by atoms with E-state index in [1.807, 2.05) is 72.8 Å². The zero-order valence-electron chi connectivity index (χ0n) is 49.4. The second kappa shape index (κ2) is 30.3. The van der Waals surface area contributed by atoms with Gasteiger partial charge in [-0.05, 0) is 78.2 Å². The van der Waals surface area contributed by atoms with Gasteiger partial charge in [-0.15, -0.1) is 0 Å². The third-order valence-corrected chi connectivity index (χ3v) is 16.1. The molecule has 9 rings (SSSR count). The SMILES string of the molecule is NC(=O)CC[C@H](NC(=O)[C@H](CCC(N)=O)NC(=O)[C@H]1CCCN1)C(=O)N[C@H](Cc1c[nH]c2ccccc12)C(=O)N[C@@H](Cc1ccccc1)C(=O)N[C@H](Cc1c[nH]c2ccccc12)C(=O)N[C@H](Cc1c[nH]c2ccccc12)C(=O)N[C@@H](Cc1ccccc1)C(N)=O. The van der Waals surface area contributed by atoms with Gasteiger partial charge in [-0.1, -0.05) is 115 Å². The third-order valence-electron chi connectivity index (χ3n) is 16.1. The summed E-state index contributed by atoms with van der Waals surface area (Å²) < 4.78 is 0. The number of amides is 10. The van der Waals surface area contributed by atoms with Crippen molar-refractivity contribution in [3.05, 3.63) is 180 Å². The van der Waals surface area contributed by atoms with Gasteiger partial charge in [0.25, 0.3) is 0 Å². The summed E-state index contributed by atoms with van der Waals surface area (Å²) >= 11 is 0. The lowest BCUT2D eigenvalue weighted by Crippen LogP contribution is -2.61. The van der Waals surface area contributed by atoms with Crippen LogP contribution < -0.4 is 59.7 Å². The number of nitrogens with two attached hydrogens (primary N) is 3. The van der Waals surface area contributed by atoms with E-state index in [-0.39, 0.29) is 51.4 Å². The minimum atomic E-state index is -1.54. The molecule has 17 N–H and O–H groups in total. The van der Waals surface area contributed by atoms with Gasteiger partial charge < -0.3 is 74.7 Å². The number of hydrogen-bond donors (Lipinski definition) is 14. The number of H-pyrrole nitrogens is 3. The molecular formula is C66H74N14O10. The highest BCUT2D eigenvalue weighted by Gasteiger charge is 2.36. The molecule has 1 aliphatic heterocycles. The van der Waals surface area contributed by atoms with E-state index in [4.69, 9.17) is 17.2 Å². The lowest BCUT2D eigenvalue weighted by atomic mass is 9.99. The maximum absolute atomic E-state index is 15.3. The number of aromatic amines is 3. The number of benzene rings is 5. The number of nitrogens with one attached hydrogen (secondary N) is 11. The molecule has 24 nitrogen and oxygen atoms in total. The Hall–Kier alpha value is -10.6. The Morgan fingerprint density at radius 3 is 1.08 bits per heavy atom. The van der Waals surface area contributed by atoms with Gasteiger partial charge in [0.1, 0.15) is 42.3 Å². The summed E-state index contributed by atoms with van der Waals surface area (Å²) in [5.41, 5.74) is 22.3. The molecule has 0 unspecified atom stereocenters. The molecule has 1 saturated heterocycles. The van der Waals surface area contributed by atoms with Crippen LogP contribution in [-0.2, 0) is 80.0 Å². The van der Waals surface area contributed by atoms with E-state index in [0.29, 0.717) is 52.5 Å². The van der Waals surface area contributed by atoms with Crippen molar-refractivity contribution < 1.29 is 47.9 Å². The predicted molar refractivity (Wildman–Crippen MR) is 337 cm³/mol. The van der Waals surface area contributed by atoms with Gasteiger partial charge >= 0.3 is 0 Å². The average Bonchev–Trinajstić information content (AvgIpc) is 2.02. The molecule has 468 valence electrons. The number of rotatable bonds is 31. The Morgan fingerprint density at radius 2 is 0.711 bits per heavy atom. The Kier molecular flexibility index (Phi) is 21.5. The number of para-hydroxylation sites is 3. The van der Waals surface area contributed by atoms with E-state index < -0.39 is 114 Å². The summed E-state index contributed by atoms with van der Waals surface area (Å²) in [6.07, 6.45) is 4.58. The van der Waals surface area contributed by atoms with Crippen LogP contribution >= 0.6 is 0 Å². The topological polar surface area (TPSA) is 392 Å². The molecule has 3 aromatic heterocycles. The van der Waals surface area contributed by atoms with Gasteiger partial charge in [0, 0.05) is 96.2 Å². The van der Waals surface area contributed by atoms with Crippen molar-refractivity contribution in [1.82, 2.24) is 57.5 Å². The van der Waals surface area contributed by atoms with Crippen LogP contribution in [0.2, 0.25) is 0 Å². The fraction of sp³-hybridized carbons (Fsp3) is 0.303. The first kappa shape index (κ1) is 63.9. The Morgan fingerprint density at radius 1 is 0.389 bits per heavy atom. The third kappa shape index (κ3) is 17.1. The fourth-order valence-corrected chi connectivity index (χ4v) is 11.2. The molecule has 10 amide bonds. The van der Waals surface area contributed by atoms with Crippen molar-refractivity contribution in [2.24, 2.45) is 17.2 Å². The number of fused-ring (bicyclic) bond motifs is 3. The van der Waals surface area contributed by atoms with Crippen LogP contribution in [0.4, 0.5) is 0 Å². The number of carbonyl (C=O) groups excluding carboxylic acids is 10. The van der Waals surface area contributed by atoms with Crippen LogP contribution in [0.25, 0.3) is 32.7 Å². The number of carbonyl (C=O) groups is 10. The van der Waals surface area contributed by atoms with Gasteiger partial charge in [0.2, 0.25) is 59.1 Å². The second-order valence-corrected chi connectivity index (χ2v) is 22.6. The predicted octanol–water partition coefficient (Wildman–Crippen LogP) is 1.81. The smallest absolute Gasteiger partial charge is 0.243 e. The molecule has 8 aromatic rings. The number of primary amides is 3. The molecular weight excluding hydrogens is 1150 g/mol. The molecule has 0 aliphatic carbocycles. The molecule has 1 fully saturated rings. The second-order valence-electron chi connectivity index (χ2n) is 22.6. The molecule has 4 heterocycles. The van der Waals surface area contributed by atoms with Crippen molar-refractivity contribution in [3.63, 3.8) is 0 Å². The van der Waals surface area contributed by atoms with E-state index in [1.54, 1.807) is 79.3 Å². The van der Waals surface area contributed by atoms with E-state index in [9.17, 15) is 33.6 Å². The average molecular weight is 1220 g/mol. The number of hydrogen-bond acceptors (Lipinski definition) is 11. The minimum absolute atomic E-state index is 0.0573. The molecule has 24 heteroatoms. The van der Waals surface area contributed by atoms with Crippen LogP contribution in [0.3, 0.4) is 0 Å². The van der Waals surface area contributed by atoms with Crippen LogP contribution in [-0.4, -0.2) is 129 Å². The first-order chi connectivity index (χ1) is 43.5. The monoisotopic (exact) mass is 1220 g/mol. The van der Waals surface area contributed by atoms with E-state index in [2.05, 4.69) is 57.5 Å². The Bertz CT molecular complexity index is 3880. The fourth-order valence-electron chi connectivity index (χ4n) is 11.2. The zero-order chi connectivity index (χ0) is 63.7. The maximum Gasteiger partial charge on any atom is 0.243 e. The van der Waals surface area contributed by atoms with Gasteiger partial charge in [-0.25, -0.2) is 0 Å². The molecule has 8 atom stereocenters. The van der Waals surface area contributed by atoms with E-state index >= 15 is 14.4 Å². The number of aromatic nitrogens is 3. The largest absolute Gasteiger partial charge is 0.370 e. The summed E-state index contributed by atoms with van der Waals surface area (Å²) in [7, 11) is 0. The van der Waals surface area contributed by atoms with Crippen LogP contribution in [0, 0.1) is 0 Å². The van der Waals surface area contributed by atoms with Crippen LogP contribution in [0.5, 0.6) is 0 Å². The highest BCUT2D eigenvalue weighted by Crippen LogP contribution is 2.23. The maximum atomic E-state index is 15.3. The summed E-state index contributed by atoms with van der Waals surface area (Å²) in [5, 5.41) is 24.7. The Labute approximate surface area is 517 Å². The summed E-state index contributed by atoms with van der Waals surface area (Å²) in [4.78, 5) is 150. The Balaban J connectivity index is 1.03. The van der Waals surface area contributed by atoms with Crippen molar-refractivity contribution >= 4 is 91.8 Å². The van der Waals surface area contributed by atoms with E-state index in [0.717, 1.165) is 27.4 Å². The summed E-state index contributed by atoms with van der Waals surface area (Å²) in [5.74, 6) is -7.90. The van der Waals surface area contributed by atoms with Crippen molar-refractivity contribution in [3.8, 4) is 0 Å². The lowest BCUT2D eigenvalue weighted by Gasteiger charge is -2.28. The van der Waals surface area contributed by atoms with Gasteiger partial charge in [-0.2, -0.15) is 0 Å². The van der Waals surface area contributed by atoms with Gasteiger partial charge in [0.15, 0.2) is 0 Å². The molecule has 0 radical (unpaired) electrons. The first-order valence-electron chi connectivity index (χ1n) is 29.9. The molecule has 1 aliphatic rings. The van der Waals surface area contributed by atoms with Crippen molar-refractivity contribution in [2.45, 2.75) is 119 Å². The molecule has 90 heavy (non-hydrogen) atoms. The normalized spacial score (nSPS) is 15.3. The summed E-state index contributed by atoms with van der Waals surface area (Å²) in [6.45, 7) is 0.577. The van der Waals surface area contributed by atoms with Crippen molar-refractivity contribution in [1.29, 1.82) is 0 Å². The van der Waals surface area contributed by atoms with Crippen molar-refractivity contribution in [2.75, 3.05) is 6.54 Å². The molecule has 0 bridgehead atoms. The van der Waals surface area contributed by atoms with E-state index in [1.165, 1.54) is 0 Å². The van der Waals surface area contributed by atoms with Crippen LogP contribution in [0.1, 0.15) is 66.3 Å². The van der Waals surface area contributed by atoms with Gasteiger partial charge in [-0.3, -0.25) is 47.9 Å². The quantitative estimate of drug-likeness (QED) is 0.0297. The summed E-state index contributed by atoms with van der Waals surface area (Å²) in [6, 6.07) is 29.3. The lowest BCUT2D eigenvalue weighted by molar-refractivity contribution is -0.136. The first-order valence-corrected chi connectivity index (χ1v) is 29.9. The molecule has 0 saturated carbocycles. The highest BCUT2D eigenvalue weighted by molar-refractivity contribution is 5.99. The molecule has 5 aromatic carbocycles. The zero-order valence-corrected chi connectivity index (χ0v) is 49.4. The molecule has 0 spiro atoms.